The van der Waals surface area contributed by atoms with E-state index in [1.807, 2.05) is 48.5 Å². The number of pyridine rings is 1. The van der Waals surface area contributed by atoms with Gasteiger partial charge in [0.2, 0.25) is 0 Å². The first-order chi connectivity index (χ1) is 12.1. The molecule has 142 valence electrons. The highest BCUT2D eigenvalue weighted by Crippen LogP contribution is 2.33. The maximum atomic E-state index is 11.5. The summed E-state index contributed by atoms with van der Waals surface area (Å²) in [6, 6.07) is 17.0. The summed E-state index contributed by atoms with van der Waals surface area (Å²) in [5.74, 6) is 0. The number of benzene rings is 1. The maximum absolute atomic E-state index is 11.5. The zero-order valence-corrected chi connectivity index (χ0v) is 16.9. The fourth-order valence-corrected chi connectivity index (χ4v) is 4.17. The van der Waals surface area contributed by atoms with Gasteiger partial charge in [0.15, 0.2) is 0 Å². The molecule has 1 aliphatic heterocycles. The third kappa shape index (κ3) is 4.67. The van der Waals surface area contributed by atoms with Crippen molar-refractivity contribution in [1.29, 1.82) is 0 Å². The van der Waals surface area contributed by atoms with E-state index in [1.165, 1.54) is 19.3 Å². The first-order valence-electron chi connectivity index (χ1n) is 9.56. The second-order valence-electron chi connectivity index (χ2n) is 7.41. The lowest BCUT2D eigenvalue weighted by Gasteiger charge is -2.39. The van der Waals surface area contributed by atoms with Crippen molar-refractivity contribution in [2.24, 2.45) is 0 Å². The van der Waals surface area contributed by atoms with Crippen molar-refractivity contribution in [3.05, 3.63) is 66.0 Å². The third-order valence-electron chi connectivity index (χ3n) is 5.67. The van der Waals surface area contributed by atoms with Gasteiger partial charge < -0.3 is 5.11 Å². The average Bonchev–Trinajstić information content (AvgIpc) is 2.65. The van der Waals surface area contributed by atoms with Crippen molar-refractivity contribution in [2.45, 2.75) is 63.6 Å². The zero-order chi connectivity index (χ0) is 17.7. The van der Waals surface area contributed by atoms with Gasteiger partial charge in [0.05, 0.1) is 5.69 Å². The average molecular weight is 373 g/mol. The normalized spacial score (nSPS) is 23.0. The third-order valence-corrected chi connectivity index (χ3v) is 5.67. The van der Waals surface area contributed by atoms with Gasteiger partial charge in [0.1, 0.15) is 5.60 Å². The highest BCUT2D eigenvalue weighted by atomic mass is 32.1. The van der Waals surface area contributed by atoms with Crippen molar-refractivity contribution in [2.75, 3.05) is 6.54 Å². The lowest BCUT2D eigenvalue weighted by atomic mass is 9.85. The number of hydrogen-bond acceptors (Lipinski definition) is 3. The summed E-state index contributed by atoms with van der Waals surface area (Å²) in [6.45, 7) is 5.69. The second kappa shape index (κ2) is 9.54. The fraction of sp³-hybridized carbons (Fsp3) is 0.500. The SMILES string of the molecule is CC1CCCC(C)N1CCCC(O)(c1ccccc1)c1ccccn1.S. The van der Waals surface area contributed by atoms with Gasteiger partial charge in [-0.05, 0) is 63.8 Å². The van der Waals surface area contributed by atoms with Crippen LogP contribution in [0.4, 0.5) is 0 Å². The highest BCUT2D eigenvalue weighted by molar-refractivity contribution is 7.59. The molecule has 1 aromatic heterocycles. The van der Waals surface area contributed by atoms with Crippen molar-refractivity contribution in [1.82, 2.24) is 9.88 Å². The predicted octanol–water partition coefficient (Wildman–Crippen LogP) is 4.47. The molecule has 3 unspecified atom stereocenters. The molecule has 1 aliphatic rings. The van der Waals surface area contributed by atoms with Crippen LogP contribution in [0.1, 0.15) is 57.2 Å². The van der Waals surface area contributed by atoms with Crippen LogP contribution in [0.2, 0.25) is 0 Å². The molecule has 2 heterocycles. The minimum absolute atomic E-state index is 0. The first kappa shape index (κ1) is 20.9. The molecule has 0 spiro atoms. The van der Waals surface area contributed by atoms with Gasteiger partial charge in [-0.3, -0.25) is 9.88 Å². The Morgan fingerprint density at radius 3 is 2.31 bits per heavy atom. The number of aromatic nitrogens is 1. The van der Waals surface area contributed by atoms with Crippen molar-refractivity contribution < 1.29 is 5.11 Å². The molecule has 0 radical (unpaired) electrons. The van der Waals surface area contributed by atoms with E-state index in [-0.39, 0.29) is 13.5 Å². The van der Waals surface area contributed by atoms with Crippen LogP contribution in [0.5, 0.6) is 0 Å². The lowest BCUT2D eigenvalue weighted by molar-refractivity contribution is 0.0489. The quantitative estimate of drug-likeness (QED) is 0.812. The van der Waals surface area contributed by atoms with Crippen LogP contribution in [0.3, 0.4) is 0 Å². The summed E-state index contributed by atoms with van der Waals surface area (Å²) >= 11 is 0. The molecule has 0 amide bonds. The molecule has 3 atom stereocenters. The molecule has 0 saturated carbocycles. The number of likely N-dealkylation sites (tertiary alicyclic amines) is 1. The Labute approximate surface area is 164 Å². The smallest absolute Gasteiger partial charge is 0.131 e. The molecule has 4 heteroatoms. The van der Waals surface area contributed by atoms with E-state index < -0.39 is 5.60 Å². The molecule has 3 rings (SSSR count). The molecular weight excluding hydrogens is 340 g/mol. The Kier molecular flexibility index (Phi) is 7.69. The molecule has 0 aliphatic carbocycles. The maximum Gasteiger partial charge on any atom is 0.131 e. The van der Waals surface area contributed by atoms with Crippen LogP contribution in [0.15, 0.2) is 54.7 Å². The summed E-state index contributed by atoms with van der Waals surface area (Å²) in [4.78, 5) is 7.06. The Balaban J connectivity index is 0.00000243. The van der Waals surface area contributed by atoms with E-state index in [0.29, 0.717) is 18.5 Å². The van der Waals surface area contributed by atoms with E-state index in [4.69, 9.17) is 0 Å². The topological polar surface area (TPSA) is 36.4 Å². The summed E-state index contributed by atoms with van der Waals surface area (Å²) in [5.41, 5.74) is 0.638. The molecule has 1 N–H and O–H groups in total. The Morgan fingerprint density at radius 1 is 1.04 bits per heavy atom. The molecule has 0 bridgehead atoms. The van der Waals surface area contributed by atoms with Gasteiger partial charge >= 0.3 is 0 Å². The number of aliphatic hydroxyl groups is 1. The van der Waals surface area contributed by atoms with Crippen molar-refractivity contribution in [3.63, 3.8) is 0 Å². The van der Waals surface area contributed by atoms with E-state index in [0.717, 1.165) is 24.2 Å². The monoisotopic (exact) mass is 372 g/mol. The molecule has 1 saturated heterocycles. The summed E-state index contributed by atoms with van der Waals surface area (Å²) in [7, 11) is 0. The van der Waals surface area contributed by atoms with Crippen LogP contribution < -0.4 is 0 Å². The number of hydrogen-bond donors (Lipinski definition) is 1. The second-order valence-corrected chi connectivity index (χ2v) is 7.41. The number of nitrogens with zero attached hydrogens (tertiary/aromatic N) is 2. The molecule has 2 aromatic rings. The van der Waals surface area contributed by atoms with Crippen LogP contribution in [-0.4, -0.2) is 33.6 Å². The van der Waals surface area contributed by atoms with Crippen molar-refractivity contribution >= 4 is 13.5 Å². The van der Waals surface area contributed by atoms with Gasteiger partial charge in [-0.25, -0.2) is 0 Å². The standard InChI is InChI=1S/C22H30N2O.H2S/c1-18-10-8-11-19(2)24(18)17-9-15-22(25,20-12-4-3-5-13-20)21-14-6-7-16-23-21;/h3-7,12-14,16,18-19,25H,8-11,15,17H2,1-2H3;1H2. The van der Waals surface area contributed by atoms with Gasteiger partial charge in [0.25, 0.3) is 0 Å². The Hall–Kier alpha value is -1.36. The molecular formula is C22H32N2OS. The number of rotatable bonds is 6. The predicted molar refractivity (Wildman–Crippen MR) is 113 cm³/mol. The van der Waals surface area contributed by atoms with Gasteiger partial charge in [0, 0.05) is 18.3 Å². The summed E-state index contributed by atoms with van der Waals surface area (Å²) in [5, 5.41) is 11.5. The van der Waals surface area contributed by atoms with Gasteiger partial charge in [-0.15, -0.1) is 0 Å². The minimum Gasteiger partial charge on any atom is -0.379 e. The summed E-state index contributed by atoms with van der Waals surface area (Å²) in [6.07, 6.45) is 7.31. The van der Waals surface area contributed by atoms with Crippen molar-refractivity contribution in [3.8, 4) is 0 Å². The fourth-order valence-electron chi connectivity index (χ4n) is 4.17. The van der Waals surface area contributed by atoms with E-state index in [9.17, 15) is 5.11 Å². The van der Waals surface area contributed by atoms with Crippen LogP contribution >= 0.6 is 13.5 Å². The van der Waals surface area contributed by atoms with Crippen LogP contribution in [0.25, 0.3) is 0 Å². The first-order valence-corrected chi connectivity index (χ1v) is 9.56. The van der Waals surface area contributed by atoms with Crippen LogP contribution in [0, 0.1) is 0 Å². The molecule has 1 aromatic carbocycles. The lowest BCUT2D eigenvalue weighted by Crippen LogP contribution is -2.44. The minimum atomic E-state index is -1.02. The van der Waals surface area contributed by atoms with E-state index in [2.05, 4.69) is 23.7 Å². The zero-order valence-electron chi connectivity index (χ0n) is 15.9. The summed E-state index contributed by atoms with van der Waals surface area (Å²) < 4.78 is 0. The highest BCUT2D eigenvalue weighted by Gasteiger charge is 2.33. The Morgan fingerprint density at radius 2 is 1.69 bits per heavy atom. The number of piperidine rings is 1. The Bertz CT molecular complexity index is 600. The van der Waals surface area contributed by atoms with Crippen LogP contribution in [-0.2, 0) is 5.60 Å². The largest absolute Gasteiger partial charge is 0.379 e. The molecule has 26 heavy (non-hydrogen) atoms. The van der Waals surface area contributed by atoms with E-state index in [1.54, 1.807) is 6.20 Å². The molecule has 3 nitrogen and oxygen atoms in total. The van der Waals surface area contributed by atoms with Gasteiger partial charge in [-0.1, -0.05) is 42.8 Å². The van der Waals surface area contributed by atoms with E-state index >= 15 is 0 Å². The van der Waals surface area contributed by atoms with Gasteiger partial charge in [-0.2, -0.15) is 13.5 Å². The molecule has 1 fully saturated rings.